The minimum atomic E-state index is -1.05. The molecule has 0 spiro atoms. The number of ether oxygens (including phenoxy) is 1. The molecule has 3 rings (SSSR count). The van der Waals surface area contributed by atoms with Gasteiger partial charge in [0.05, 0.1) is 6.04 Å². The van der Waals surface area contributed by atoms with Crippen molar-refractivity contribution in [1.82, 2.24) is 9.78 Å². The van der Waals surface area contributed by atoms with E-state index < -0.39 is 12.6 Å². The number of carboxylic acids is 1. The summed E-state index contributed by atoms with van der Waals surface area (Å²) < 4.78 is 6.97. The smallest absolute Gasteiger partial charge is 0.341 e. The van der Waals surface area contributed by atoms with Crippen LogP contribution in [0.1, 0.15) is 42.2 Å². The predicted molar refractivity (Wildman–Crippen MR) is 87.3 cm³/mol. The highest BCUT2D eigenvalue weighted by Gasteiger charge is 2.19. The van der Waals surface area contributed by atoms with Gasteiger partial charge in [0, 0.05) is 18.0 Å². The first-order chi connectivity index (χ1) is 11.6. The molecule has 1 amide bonds. The molecule has 0 atom stereocenters. The first-order valence-corrected chi connectivity index (χ1v) is 7.93. The van der Waals surface area contributed by atoms with Gasteiger partial charge in [-0.2, -0.15) is 5.10 Å². The molecule has 24 heavy (non-hydrogen) atoms. The van der Waals surface area contributed by atoms with Crippen molar-refractivity contribution in [2.45, 2.75) is 31.7 Å². The highest BCUT2D eigenvalue weighted by Crippen LogP contribution is 2.28. The Morgan fingerprint density at radius 2 is 2.08 bits per heavy atom. The lowest BCUT2D eigenvalue weighted by Crippen LogP contribution is -2.14. The molecule has 2 aromatic rings. The van der Waals surface area contributed by atoms with Crippen molar-refractivity contribution in [3.8, 4) is 5.75 Å². The Hall–Kier alpha value is -2.83. The molecule has 1 aliphatic rings. The molecule has 0 aliphatic heterocycles. The van der Waals surface area contributed by atoms with E-state index in [0.717, 1.165) is 12.8 Å². The van der Waals surface area contributed by atoms with E-state index in [1.165, 1.54) is 12.8 Å². The van der Waals surface area contributed by atoms with Crippen molar-refractivity contribution >= 4 is 17.6 Å². The molecule has 1 fully saturated rings. The fraction of sp³-hybridized carbons (Fsp3) is 0.353. The first-order valence-electron chi connectivity index (χ1n) is 7.93. The largest absolute Gasteiger partial charge is 0.482 e. The van der Waals surface area contributed by atoms with Crippen LogP contribution in [-0.2, 0) is 4.79 Å². The zero-order chi connectivity index (χ0) is 16.9. The summed E-state index contributed by atoms with van der Waals surface area (Å²) in [7, 11) is 0. The third-order valence-corrected chi connectivity index (χ3v) is 3.99. The summed E-state index contributed by atoms with van der Waals surface area (Å²) in [5, 5.41) is 15.7. The van der Waals surface area contributed by atoms with Crippen LogP contribution in [-0.4, -0.2) is 33.4 Å². The Morgan fingerprint density at radius 1 is 1.29 bits per heavy atom. The normalized spacial score (nSPS) is 14.5. The Labute approximate surface area is 139 Å². The van der Waals surface area contributed by atoms with Gasteiger partial charge in [-0.3, -0.25) is 9.48 Å². The second-order valence-corrected chi connectivity index (χ2v) is 5.78. The summed E-state index contributed by atoms with van der Waals surface area (Å²) in [6, 6.07) is 8.70. The number of hydrogen-bond acceptors (Lipinski definition) is 4. The fourth-order valence-corrected chi connectivity index (χ4v) is 2.84. The average molecular weight is 329 g/mol. The highest BCUT2D eigenvalue weighted by atomic mass is 16.5. The van der Waals surface area contributed by atoms with E-state index in [4.69, 9.17) is 9.84 Å². The number of carbonyl (C=O) groups excluding carboxylic acids is 1. The zero-order valence-corrected chi connectivity index (χ0v) is 13.1. The number of anilines is 1. The van der Waals surface area contributed by atoms with Crippen molar-refractivity contribution in [2.75, 3.05) is 11.9 Å². The van der Waals surface area contributed by atoms with Crippen LogP contribution in [0.25, 0.3) is 0 Å². The molecule has 1 saturated carbocycles. The monoisotopic (exact) mass is 329 g/mol. The minimum Gasteiger partial charge on any atom is -0.482 e. The van der Waals surface area contributed by atoms with Crippen molar-refractivity contribution in [3.05, 3.63) is 42.2 Å². The predicted octanol–water partition coefficient (Wildman–Crippen LogP) is 2.71. The summed E-state index contributed by atoms with van der Waals surface area (Å²) >= 11 is 0. The molecule has 126 valence electrons. The van der Waals surface area contributed by atoms with Gasteiger partial charge in [-0.15, -0.1) is 0 Å². The van der Waals surface area contributed by atoms with E-state index >= 15 is 0 Å². The number of nitrogens with one attached hydrogen (secondary N) is 1. The van der Waals surface area contributed by atoms with Gasteiger partial charge in [0.2, 0.25) is 0 Å². The third kappa shape index (κ3) is 3.92. The molecule has 0 saturated heterocycles. The summed E-state index contributed by atoms with van der Waals surface area (Å²) in [6.07, 6.45) is 6.46. The zero-order valence-electron chi connectivity index (χ0n) is 13.1. The van der Waals surface area contributed by atoms with Crippen molar-refractivity contribution in [1.29, 1.82) is 0 Å². The number of aromatic nitrogens is 2. The molecule has 7 heteroatoms. The number of hydrogen-bond donors (Lipinski definition) is 2. The summed E-state index contributed by atoms with van der Waals surface area (Å²) in [6.45, 7) is -0.427. The third-order valence-electron chi connectivity index (χ3n) is 3.99. The van der Waals surface area contributed by atoms with Crippen LogP contribution < -0.4 is 10.1 Å². The molecule has 1 aliphatic carbocycles. The number of benzene rings is 1. The van der Waals surface area contributed by atoms with Gasteiger partial charge in [0.15, 0.2) is 12.3 Å². The second-order valence-electron chi connectivity index (χ2n) is 5.78. The molecule has 1 heterocycles. The lowest BCUT2D eigenvalue weighted by atomic mass is 10.3. The molecule has 0 unspecified atom stereocenters. The maximum Gasteiger partial charge on any atom is 0.341 e. The highest BCUT2D eigenvalue weighted by molar-refractivity contribution is 6.02. The molecule has 1 aromatic heterocycles. The maximum atomic E-state index is 12.3. The van der Waals surface area contributed by atoms with Gasteiger partial charge < -0.3 is 15.2 Å². The van der Waals surface area contributed by atoms with Crippen LogP contribution in [0.15, 0.2) is 36.5 Å². The van der Waals surface area contributed by atoms with Gasteiger partial charge in [-0.25, -0.2) is 4.79 Å². The Kier molecular flexibility index (Phi) is 4.79. The topological polar surface area (TPSA) is 93.5 Å². The number of aliphatic carboxylic acids is 1. The number of carbonyl (C=O) groups is 2. The van der Waals surface area contributed by atoms with Crippen LogP contribution in [0.2, 0.25) is 0 Å². The lowest BCUT2D eigenvalue weighted by Gasteiger charge is -2.09. The number of nitrogens with zero attached hydrogens (tertiary/aromatic N) is 2. The minimum absolute atomic E-state index is 0.304. The van der Waals surface area contributed by atoms with Crippen molar-refractivity contribution < 1.29 is 19.4 Å². The first kappa shape index (κ1) is 16.0. The van der Waals surface area contributed by atoms with E-state index in [9.17, 15) is 9.59 Å². The fourth-order valence-electron chi connectivity index (χ4n) is 2.84. The number of carboxylic acid groups (broad SMARTS) is 1. The Bertz CT molecular complexity index is 735. The molecular weight excluding hydrogens is 310 g/mol. The molecular formula is C17H19N3O4. The standard InChI is InChI=1S/C17H19N3O4/c21-16(22)11-24-14-7-3-4-12(10-14)18-17(23)15-8-9-20(19-15)13-5-1-2-6-13/h3-4,7-10,13H,1-2,5-6,11H2,(H,18,23)(H,21,22). The van der Waals surface area contributed by atoms with Gasteiger partial charge in [0.1, 0.15) is 5.75 Å². The van der Waals surface area contributed by atoms with Crippen molar-refractivity contribution in [2.24, 2.45) is 0 Å². The van der Waals surface area contributed by atoms with E-state index in [2.05, 4.69) is 10.4 Å². The van der Waals surface area contributed by atoms with E-state index in [-0.39, 0.29) is 5.91 Å². The summed E-state index contributed by atoms with van der Waals surface area (Å²) in [4.78, 5) is 22.8. The van der Waals surface area contributed by atoms with Crippen molar-refractivity contribution in [3.63, 3.8) is 0 Å². The lowest BCUT2D eigenvalue weighted by molar-refractivity contribution is -0.139. The molecule has 2 N–H and O–H groups in total. The Morgan fingerprint density at radius 3 is 2.83 bits per heavy atom. The van der Waals surface area contributed by atoms with Gasteiger partial charge in [0.25, 0.3) is 5.91 Å². The molecule has 0 bridgehead atoms. The average Bonchev–Trinajstić information content (AvgIpc) is 3.24. The molecule has 7 nitrogen and oxygen atoms in total. The van der Waals surface area contributed by atoms with E-state index in [0.29, 0.717) is 23.2 Å². The molecule has 1 aromatic carbocycles. The second kappa shape index (κ2) is 7.16. The van der Waals surface area contributed by atoms with Gasteiger partial charge in [-0.05, 0) is 31.0 Å². The van der Waals surface area contributed by atoms with Gasteiger partial charge >= 0.3 is 5.97 Å². The van der Waals surface area contributed by atoms with E-state index in [1.807, 2.05) is 10.9 Å². The van der Waals surface area contributed by atoms with Crippen LogP contribution in [0.4, 0.5) is 5.69 Å². The van der Waals surface area contributed by atoms with Crippen LogP contribution in [0.5, 0.6) is 5.75 Å². The maximum absolute atomic E-state index is 12.3. The summed E-state index contributed by atoms with van der Waals surface area (Å²) in [5.74, 6) is -0.976. The quantitative estimate of drug-likeness (QED) is 0.850. The van der Waals surface area contributed by atoms with Crippen LogP contribution in [0.3, 0.4) is 0 Å². The van der Waals surface area contributed by atoms with Crippen LogP contribution in [0, 0.1) is 0 Å². The SMILES string of the molecule is O=C(O)COc1cccc(NC(=O)c2ccn(C3CCCC3)n2)c1. The Balaban J connectivity index is 1.64. The van der Waals surface area contributed by atoms with E-state index in [1.54, 1.807) is 30.3 Å². The number of rotatable bonds is 6. The molecule has 0 radical (unpaired) electrons. The van der Waals surface area contributed by atoms with Crippen LogP contribution >= 0.6 is 0 Å². The number of amides is 1. The summed E-state index contributed by atoms with van der Waals surface area (Å²) in [5.41, 5.74) is 0.886. The van der Waals surface area contributed by atoms with Gasteiger partial charge in [-0.1, -0.05) is 18.9 Å².